The molecule has 12 nitrogen and oxygen atoms in total. The first kappa shape index (κ1) is 26.3. The van der Waals surface area contributed by atoms with Crippen LogP contribution in [-0.2, 0) is 28.7 Å². The topological polar surface area (TPSA) is 197 Å². The third-order valence-electron chi connectivity index (χ3n) is 4.27. The van der Waals surface area contributed by atoms with Gasteiger partial charge in [-0.05, 0) is 47.5 Å². The lowest BCUT2D eigenvalue weighted by molar-refractivity contribution is -0.183. The number of ether oxygens (including phenoxy) is 3. The molecular weight excluding hydrogens is 468 g/mol. The van der Waals surface area contributed by atoms with Crippen molar-refractivity contribution < 1.29 is 58.9 Å². The van der Waals surface area contributed by atoms with Crippen LogP contribution in [0.5, 0.6) is 23.0 Å². The number of phenolic OH excluding ortho intramolecular Hbond substituents is 3. The summed E-state index contributed by atoms with van der Waals surface area (Å²) in [5.74, 6) is -7.22. The van der Waals surface area contributed by atoms with Crippen LogP contribution in [0.25, 0.3) is 12.2 Å². The second-order valence-corrected chi connectivity index (χ2v) is 6.74. The van der Waals surface area contributed by atoms with Gasteiger partial charge in [-0.25, -0.2) is 19.2 Å². The summed E-state index contributed by atoms with van der Waals surface area (Å²) in [5, 5.41) is 47.0. The molecule has 184 valence electrons. The van der Waals surface area contributed by atoms with E-state index in [4.69, 9.17) is 4.74 Å². The van der Waals surface area contributed by atoms with Crippen molar-refractivity contribution in [2.75, 3.05) is 7.11 Å². The fourth-order valence-electron chi connectivity index (χ4n) is 2.58. The van der Waals surface area contributed by atoms with E-state index in [-0.39, 0.29) is 17.1 Å². The maximum absolute atomic E-state index is 12.1. The molecule has 2 aromatic carbocycles. The number of carboxylic acids is 2. The molecule has 35 heavy (non-hydrogen) atoms. The van der Waals surface area contributed by atoms with Gasteiger partial charge in [0, 0.05) is 12.2 Å². The minimum atomic E-state index is -2.39. The predicted molar refractivity (Wildman–Crippen MR) is 118 cm³/mol. The lowest BCUT2D eigenvalue weighted by Crippen LogP contribution is -2.45. The van der Waals surface area contributed by atoms with E-state index in [2.05, 4.69) is 9.47 Å². The molecule has 0 aromatic heterocycles. The highest BCUT2D eigenvalue weighted by Gasteiger charge is 2.40. The largest absolute Gasteiger partial charge is 0.504 e. The Bertz CT molecular complexity index is 1180. The standard InChI is InChI=1S/C23H20O12/c1-33-17-11-13(3-7-15(17)25)5-9-19(28)35-21(23(31)32)20(22(29)30)34-18(27)8-4-12-2-6-14(24)16(26)10-12/h2-11,20-21,24-26H,1H3,(H,29,30)(H,31,32). The van der Waals surface area contributed by atoms with E-state index in [0.717, 1.165) is 30.4 Å². The van der Waals surface area contributed by atoms with E-state index < -0.39 is 47.6 Å². The number of benzene rings is 2. The summed E-state index contributed by atoms with van der Waals surface area (Å²) in [5.41, 5.74) is 0.608. The third kappa shape index (κ3) is 7.53. The van der Waals surface area contributed by atoms with Gasteiger partial charge in [-0.3, -0.25) is 0 Å². The van der Waals surface area contributed by atoms with Crippen molar-refractivity contribution in [3.63, 3.8) is 0 Å². The molecule has 0 saturated carbocycles. The summed E-state index contributed by atoms with van der Waals surface area (Å²) in [7, 11) is 1.31. The normalized spacial score (nSPS) is 12.7. The quantitative estimate of drug-likeness (QED) is 0.184. The van der Waals surface area contributed by atoms with Gasteiger partial charge in [0.15, 0.2) is 23.0 Å². The number of aliphatic carboxylic acids is 2. The molecule has 2 unspecified atom stereocenters. The number of hydrogen-bond acceptors (Lipinski definition) is 10. The summed E-state index contributed by atoms with van der Waals surface area (Å²) >= 11 is 0. The Kier molecular flexibility index (Phi) is 8.81. The molecule has 2 atom stereocenters. The number of hydrogen-bond donors (Lipinski definition) is 5. The van der Waals surface area contributed by atoms with E-state index in [0.29, 0.717) is 5.56 Å². The van der Waals surface area contributed by atoms with Crippen molar-refractivity contribution in [2.45, 2.75) is 12.2 Å². The second-order valence-electron chi connectivity index (χ2n) is 6.74. The fraction of sp³-hybridized carbons (Fsp3) is 0.130. The van der Waals surface area contributed by atoms with Crippen LogP contribution < -0.4 is 4.74 Å². The molecule has 0 saturated heterocycles. The van der Waals surface area contributed by atoms with Crippen LogP contribution in [0.15, 0.2) is 48.6 Å². The molecule has 0 amide bonds. The van der Waals surface area contributed by atoms with Crippen molar-refractivity contribution in [1.82, 2.24) is 0 Å². The van der Waals surface area contributed by atoms with Crippen LogP contribution >= 0.6 is 0 Å². The Morgan fingerprint density at radius 3 is 1.60 bits per heavy atom. The van der Waals surface area contributed by atoms with E-state index in [1.54, 1.807) is 0 Å². The Morgan fingerprint density at radius 1 is 0.714 bits per heavy atom. The van der Waals surface area contributed by atoms with Gasteiger partial charge in [-0.1, -0.05) is 12.1 Å². The van der Waals surface area contributed by atoms with Gasteiger partial charge < -0.3 is 39.7 Å². The molecular formula is C23H20O12. The molecule has 0 bridgehead atoms. The molecule has 5 N–H and O–H groups in total. The average Bonchev–Trinajstić information content (AvgIpc) is 2.81. The smallest absolute Gasteiger partial charge is 0.349 e. The lowest BCUT2D eigenvalue weighted by Gasteiger charge is -2.19. The number of carboxylic acid groups (broad SMARTS) is 2. The number of aromatic hydroxyl groups is 3. The summed E-state index contributed by atoms with van der Waals surface area (Å²) in [6.45, 7) is 0. The van der Waals surface area contributed by atoms with Crippen LogP contribution in [0, 0.1) is 0 Å². The Morgan fingerprint density at radius 2 is 1.17 bits per heavy atom. The summed E-state index contributed by atoms with van der Waals surface area (Å²) in [6, 6.07) is 7.64. The maximum atomic E-state index is 12.1. The van der Waals surface area contributed by atoms with Gasteiger partial charge in [-0.2, -0.15) is 0 Å². The van der Waals surface area contributed by atoms with Crippen LogP contribution in [0.3, 0.4) is 0 Å². The minimum Gasteiger partial charge on any atom is -0.504 e. The molecule has 0 radical (unpaired) electrons. The predicted octanol–water partition coefficient (Wildman–Crippen LogP) is 1.53. The Labute approximate surface area is 197 Å². The molecule has 0 aliphatic heterocycles. The summed E-state index contributed by atoms with van der Waals surface area (Å²) < 4.78 is 14.3. The van der Waals surface area contributed by atoms with Crippen molar-refractivity contribution in [1.29, 1.82) is 0 Å². The molecule has 0 aliphatic carbocycles. The number of rotatable bonds is 10. The van der Waals surface area contributed by atoms with E-state index in [1.165, 1.54) is 37.5 Å². The maximum Gasteiger partial charge on any atom is 0.349 e. The average molecular weight is 488 g/mol. The van der Waals surface area contributed by atoms with Gasteiger partial charge in [0.2, 0.25) is 12.2 Å². The van der Waals surface area contributed by atoms with Crippen LogP contribution in [0.1, 0.15) is 11.1 Å². The van der Waals surface area contributed by atoms with Gasteiger partial charge >= 0.3 is 23.9 Å². The van der Waals surface area contributed by atoms with Crippen LogP contribution in [0.2, 0.25) is 0 Å². The first-order valence-corrected chi connectivity index (χ1v) is 9.63. The lowest BCUT2D eigenvalue weighted by atomic mass is 10.2. The zero-order valence-electron chi connectivity index (χ0n) is 18.0. The van der Waals surface area contributed by atoms with Crippen LogP contribution in [-0.4, -0.2) is 68.7 Å². The molecule has 12 heteroatoms. The highest BCUT2D eigenvalue weighted by atomic mass is 16.6. The number of phenols is 3. The highest BCUT2D eigenvalue weighted by molar-refractivity contribution is 5.93. The summed E-state index contributed by atoms with van der Waals surface area (Å²) in [6.07, 6.45) is -0.907. The Balaban J connectivity index is 2.12. The van der Waals surface area contributed by atoms with Crippen molar-refractivity contribution >= 4 is 36.0 Å². The number of esters is 2. The second kappa shape index (κ2) is 11.7. The monoisotopic (exact) mass is 488 g/mol. The van der Waals surface area contributed by atoms with Gasteiger partial charge in [0.05, 0.1) is 7.11 Å². The number of carbonyl (C=O) groups excluding carboxylic acids is 2. The van der Waals surface area contributed by atoms with Gasteiger partial charge in [-0.15, -0.1) is 0 Å². The van der Waals surface area contributed by atoms with Crippen molar-refractivity contribution in [3.05, 3.63) is 59.7 Å². The number of carbonyl (C=O) groups is 4. The fourth-order valence-corrected chi connectivity index (χ4v) is 2.58. The molecule has 0 aliphatic rings. The minimum absolute atomic E-state index is 0.109. The number of methoxy groups -OCH3 is 1. The zero-order valence-corrected chi connectivity index (χ0v) is 18.0. The molecule has 0 fully saturated rings. The first-order chi connectivity index (χ1) is 16.5. The van der Waals surface area contributed by atoms with E-state index >= 15 is 0 Å². The van der Waals surface area contributed by atoms with Gasteiger partial charge in [0.1, 0.15) is 0 Å². The van der Waals surface area contributed by atoms with E-state index in [1.807, 2.05) is 0 Å². The molecule has 0 heterocycles. The van der Waals surface area contributed by atoms with Gasteiger partial charge in [0.25, 0.3) is 0 Å². The van der Waals surface area contributed by atoms with E-state index in [9.17, 15) is 44.7 Å². The van der Waals surface area contributed by atoms with Crippen molar-refractivity contribution in [2.24, 2.45) is 0 Å². The summed E-state index contributed by atoms with van der Waals surface area (Å²) in [4.78, 5) is 47.2. The van der Waals surface area contributed by atoms with Crippen molar-refractivity contribution in [3.8, 4) is 23.0 Å². The molecule has 2 aromatic rings. The van der Waals surface area contributed by atoms with Crippen LogP contribution in [0.4, 0.5) is 0 Å². The highest BCUT2D eigenvalue weighted by Crippen LogP contribution is 2.27. The Hall–Kier alpha value is -5.00. The molecule has 0 spiro atoms. The third-order valence-corrected chi connectivity index (χ3v) is 4.27. The zero-order chi connectivity index (χ0) is 26.1. The first-order valence-electron chi connectivity index (χ1n) is 9.63. The molecule has 2 rings (SSSR count). The SMILES string of the molecule is COc1cc(C=CC(=O)OC(C(=O)O)C(OC(=O)C=Cc2ccc(O)c(O)c2)C(=O)O)ccc1O.